The molecule has 1 aromatic carbocycles. The summed E-state index contributed by atoms with van der Waals surface area (Å²) in [5.74, 6) is 0.512. The van der Waals surface area contributed by atoms with Gasteiger partial charge in [0, 0.05) is 6.61 Å². The van der Waals surface area contributed by atoms with Crippen molar-refractivity contribution in [2.24, 2.45) is 5.73 Å². The first-order chi connectivity index (χ1) is 8.74. The molecule has 0 amide bonds. The van der Waals surface area contributed by atoms with Crippen LogP contribution in [0.5, 0.6) is 0 Å². The Morgan fingerprint density at radius 3 is 2.67 bits per heavy atom. The molecule has 1 aliphatic rings. The summed E-state index contributed by atoms with van der Waals surface area (Å²) < 4.78 is 11.2. The molecule has 0 aromatic heterocycles. The molecule has 1 aliphatic carbocycles. The van der Waals surface area contributed by atoms with Crippen LogP contribution in [0.3, 0.4) is 0 Å². The number of benzene rings is 1. The van der Waals surface area contributed by atoms with Crippen LogP contribution in [0.1, 0.15) is 43.4 Å². The number of fused-ring (bicyclic) bond motifs is 1. The fourth-order valence-corrected chi connectivity index (χ4v) is 2.66. The number of hydrogen-bond donors (Lipinski definition) is 1. The summed E-state index contributed by atoms with van der Waals surface area (Å²) in [6.07, 6.45) is 1.10. The van der Waals surface area contributed by atoms with Crippen molar-refractivity contribution in [1.82, 2.24) is 0 Å². The molecular formula is C15H23NO2. The van der Waals surface area contributed by atoms with E-state index in [1.54, 1.807) is 0 Å². The molecule has 3 unspecified atom stereocenters. The molecule has 0 heterocycles. The van der Waals surface area contributed by atoms with Gasteiger partial charge >= 0.3 is 0 Å². The SMILES string of the molecule is CCOCCOC1CC(C)c2ccccc2C1N. The van der Waals surface area contributed by atoms with Gasteiger partial charge in [0.15, 0.2) is 0 Å². The molecule has 0 aliphatic heterocycles. The van der Waals surface area contributed by atoms with Crippen molar-refractivity contribution in [3.8, 4) is 0 Å². The zero-order valence-electron chi connectivity index (χ0n) is 11.3. The zero-order chi connectivity index (χ0) is 13.0. The van der Waals surface area contributed by atoms with Crippen LogP contribution in [-0.2, 0) is 9.47 Å². The van der Waals surface area contributed by atoms with Gasteiger partial charge in [-0.25, -0.2) is 0 Å². The van der Waals surface area contributed by atoms with Gasteiger partial charge in [0.25, 0.3) is 0 Å². The Hall–Kier alpha value is -0.900. The zero-order valence-corrected chi connectivity index (χ0v) is 11.3. The summed E-state index contributed by atoms with van der Waals surface area (Å²) in [6, 6.07) is 8.41. The Bertz CT molecular complexity index is 381. The van der Waals surface area contributed by atoms with Gasteiger partial charge in [0.05, 0.1) is 25.4 Å². The van der Waals surface area contributed by atoms with Crippen LogP contribution in [0, 0.1) is 0 Å². The molecule has 2 rings (SSSR count). The van der Waals surface area contributed by atoms with E-state index in [0.717, 1.165) is 13.0 Å². The average Bonchev–Trinajstić information content (AvgIpc) is 2.40. The van der Waals surface area contributed by atoms with Crippen molar-refractivity contribution in [2.45, 2.75) is 38.3 Å². The summed E-state index contributed by atoms with van der Waals surface area (Å²) in [4.78, 5) is 0. The summed E-state index contributed by atoms with van der Waals surface area (Å²) in [5.41, 5.74) is 8.91. The Morgan fingerprint density at radius 2 is 1.94 bits per heavy atom. The molecule has 3 nitrogen and oxygen atoms in total. The molecule has 0 saturated heterocycles. The highest BCUT2D eigenvalue weighted by molar-refractivity contribution is 5.35. The Kier molecular flexibility index (Phi) is 4.75. The summed E-state index contributed by atoms with van der Waals surface area (Å²) in [5, 5.41) is 0. The van der Waals surface area contributed by atoms with Gasteiger partial charge in [0.2, 0.25) is 0 Å². The van der Waals surface area contributed by atoms with E-state index in [4.69, 9.17) is 15.2 Å². The monoisotopic (exact) mass is 249 g/mol. The topological polar surface area (TPSA) is 44.5 Å². The van der Waals surface area contributed by atoms with Crippen molar-refractivity contribution < 1.29 is 9.47 Å². The smallest absolute Gasteiger partial charge is 0.0774 e. The van der Waals surface area contributed by atoms with Crippen LogP contribution < -0.4 is 5.73 Å². The molecule has 0 fully saturated rings. The van der Waals surface area contributed by atoms with Crippen LogP contribution in [-0.4, -0.2) is 25.9 Å². The Labute approximate surface area is 109 Å². The lowest BCUT2D eigenvalue weighted by atomic mass is 9.79. The lowest BCUT2D eigenvalue weighted by Crippen LogP contribution is -2.35. The highest BCUT2D eigenvalue weighted by Crippen LogP contribution is 2.37. The molecule has 0 bridgehead atoms. The first kappa shape index (κ1) is 13.5. The second kappa shape index (κ2) is 6.32. The fourth-order valence-electron chi connectivity index (χ4n) is 2.66. The quantitative estimate of drug-likeness (QED) is 0.816. The minimum Gasteiger partial charge on any atom is -0.379 e. The highest BCUT2D eigenvalue weighted by Gasteiger charge is 2.30. The van der Waals surface area contributed by atoms with Gasteiger partial charge in [0.1, 0.15) is 0 Å². The van der Waals surface area contributed by atoms with Gasteiger partial charge in [-0.05, 0) is 30.4 Å². The molecule has 100 valence electrons. The molecule has 2 N–H and O–H groups in total. The molecule has 0 radical (unpaired) electrons. The maximum atomic E-state index is 6.30. The molecule has 0 saturated carbocycles. The molecular weight excluding hydrogens is 226 g/mol. The Morgan fingerprint density at radius 1 is 1.22 bits per heavy atom. The Balaban J connectivity index is 1.99. The van der Waals surface area contributed by atoms with Crippen molar-refractivity contribution in [3.05, 3.63) is 35.4 Å². The van der Waals surface area contributed by atoms with E-state index in [0.29, 0.717) is 19.1 Å². The fraction of sp³-hybridized carbons (Fsp3) is 0.600. The molecule has 1 aromatic rings. The summed E-state index contributed by atoms with van der Waals surface area (Å²) in [6.45, 7) is 6.24. The maximum absolute atomic E-state index is 6.30. The van der Waals surface area contributed by atoms with Crippen LogP contribution in [0.15, 0.2) is 24.3 Å². The van der Waals surface area contributed by atoms with E-state index in [2.05, 4.69) is 25.1 Å². The normalized spacial score (nSPS) is 26.9. The number of rotatable bonds is 5. The maximum Gasteiger partial charge on any atom is 0.0774 e. The largest absolute Gasteiger partial charge is 0.379 e. The first-order valence-corrected chi connectivity index (χ1v) is 6.77. The predicted molar refractivity (Wildman–Crippen MR) is 72.6 cm³/mol. The predicted octanol–water partition coefficient (Wildman–Crippen LogP) is 2.62. The second-order valence-corrected chi connectivity index (χ2v) is 4.90. The molecule has 0 spiro atoms. The van der Waals surface area contributed by atoms with Crippen LogP contribution in [0.4, 0.5) is 0 Å². The average molecular weight is 249 g/mol. The van der Waals surface area contributed by atoms with E-state index >= 15 is 0 Å². The van der Waals surface area contributed by atoms with Crippen molar-refractivity contribution in [3.63, 3.8) is 0 Å². The van der Waals surface area contributed by atoms with Gasteiger partial charge in [-0.1, -0.05) is 31.2 Å². The van der Waals surface area contributed by atoms with E-state index in [1.807, 2.05) is 13.0 Å². The molecule has 3 atom stereocenters. The van der Waals surface area contributed by atoms with E-state index < -0.39 is 0 Å². The van der Waals surface area contributed by atoms with Gasteiger partial charge in [-0.3, -0.25) is 0 Å². The third-order valence-corrected chi connectivity index (χ3v) is 3.64. The highest BCUT2D eigenvalue weighted by atomic mass is 16.5. The molecule has 18 heavy (non-hydrogen) atoms. The summed E-state index contributed by atoms with van der Waals surface area (Å²) in [7, 11) is 0. The van der Waals surface area contributed by atoms with Crippen LogP contribution in [0.25, 0.3) is 0 Å². The van der Waals surface area contributed by atoms with Crippen molar-refractivity contribution >= 4 is 0 Å². The minimum atomic E-state index is -0.0148. The van der Waals surface area contributed by atoms with Crippen LogP contribution >= 0.6 is 0 Å². The number of nitrogens with two attached hydrogens (primary N) is 1. The van der Waals surface area contributed by atoms with E-state index in [1.165, 1.54) is 11.1 Å². The van der Waals surface area contributed by atoms with Crippen LogP contribution in [0.2, 0.25) is 0 Å². The third kappa shape index (κ3) is 2.91. The van der Waals surface area contributed by atoms with Crippen molar-refractivity contribution in [1.29, 1.82) is 0 Å². The van der Waals surface area contributed by atoms with Gasteiger partial charge < -0.3 is 15.2 Å². The van der Waals surface area contributed by atoms with Gasteiger partial charge in [-0.15, -0.1) is 0 Å². The number of ether oxygens (including phenoxy) is 2. The first-order valence-electron chi connectivity index (χ1n) is 6.77. The van der Waals surface area contributed by atoms with E-state index in [-0.39, 0.29) is 12.1 Å². The second-order valence-electron chi connectivity index (χ2n) is 4.90. The summed E-state index contributed by atoms with van der Waals surface area (Å²) >= 11 is 0. The third-order valence-electron chi connectivity index (χ3n) is 3.64. The van der Waals surface area contributed by atoms with Crippen molar-refractivity contribution in [2.75, 3.05) is 19.8 Å². The number of hydrogen-bond acceptors (Lipinski definition) is 3. The molecule has 3 heteroatoms. The standard InChI is InChI=1S/C15H23NO2/c1-3-17-8-9-18-14-10-11(2)12-6-4-5-7-13(12)15(14)16/h4-7,11,14-15H,3,8-10,16H2,1-2H3. The van der Waals surface area contributed by atoms with Gasteiger partial charge in [-0.2, -0.15) is 0 Å². The lowest BCUT2D eigenvalue weighted by Gasteiger charge is -2.34. The van der Waals surface area contributed by atoms with E-state index in [9.17, 15) is 0 Å². The lowest BCUT2D eigenvalue weighted by molar-refractivity contribution is -0.0137. The minimum absolute atomic E-state index is 0.0148.